The van der Waals surface area contributed by atoms with E-state index in [1.165, 1.54) is 0 Å². The van der Waals surface area contributed by atoms with E-state index in [-0.39, 0.29) is 6.01 Å². The molecule has 0 aliphatic carbocycles. The molecule has 0 N–H and O–H groups in total. The first-order chi connectivity index (χ1) is 8.61. The van der Waals surface area contributed by atoms with E-state index in [4.69, 9.17) is 39.5 Å². The largest absolute Gasteiger partial charge is 0.423 e. The Morgan fingerprint density at radius 2 is 2.06 bits per heavy atom. The van der Waals surface area contributed by atoms with Crippen LogP contribution in [-0.4, -0.2) is 9.97 Å². The van der Waals surface area contributed by atoms with Crippen LogP contribution in [0.3, 0.4) is 0 Å². The molecule has 1 aromatic heterocycles. The second kappa shape index (κ2) is 5.74. The molecule has 0 saturated carbocycles. The van der Waals surface area contributed by atoms with E-state index in [2.05, 4.69) is 9.97 Å². The van der Waals surface area contributed by atoms with Crippen LogP contribution in [0.1, 0.15) is 11.3 Å². The lowest BCUT2D eigenvalue weighted by Crippen LogP contribution is -1.97. The molecule has 0 atom stereocenters. The molecule has 0 unspecified atom stereocenters. The number of hydrogen-bond acceptors (Lipinski definition) is 3. The van der Waals surface area contributed by atoms with Gasteiger partial charge < -0.3 is 4.74 Å². The zero-order valence-corrected chi connectivity index (χ0v) is 11.7. The zero-order chi connectivity index (χ0) is 13.1. The van der Waals surface area contributed by atoms with Crippen LogP contribution in [0.5, 0.6) is 11.8 Å². The molecule has 0 amide bonds. The van der Waals surface area contributed by atoms with E-state index in [9.17, 15) is 0 Å². The standard InChI is InChI=1S/C12H9Cl3N2O/c1-7-8(5-13)6-16-12(17-7)18-10-4-2-3-9(14)11(10)15/h2-4,6H,5H2,1H3. The third-order valence-electron chi connectivity index (χ3n) is 2.32. The molecule has 0 aliphatic rings. The Morgan fingerprint density at radius 1 is 1.28 bits per heavy atom. The maximum atomic E-state index is 6.01. The van der Waals surface area contributed by atoms with Gasteiger partial charge in [0.2, 0.25) is 0 Å². The predicted molar refractivity (Wildman–Crippen MR) is 72.9 cm³/mol. The molecule has 6 heteroatoms. The van der Waals surface area contributed by atoms with Crippen molar-refractivity contribution in [2.24, 2.45) is 0 Å². The van der Waals surface area contributed by atoms with Crippen LogP contribution in [0.15, 0.2) is 24.4 Å². The molecule has 0 spiro atoms. The first-order valence-corrected chi connectivity index (χ1v) is 6.41. The summed E-state index contributed by atoms with van der Waals surface area (Å²) >= 11 is 17.6. The first-order valence-electron chi connectivity index (χ1n) is 5.12. The molecule has 0 bridgehead atoms. The summed E-state index contributed by atoms with van der Waals surface area (Å²) in [4.78, 5) is 8.25. The van der Waals surface area contributed by atoms with Crippen LogP contribution in [-0.2, 0) is 5.88 Å². The number of halogens is 3. The topological polar surface area (TPSA) is 35.0 Å². The average Bonchev–Trinajstić information content (AvgIpc) is 2.35. The third-order valence-corrected chi connectivity index (χ3v) is 3.41. The molecule has 0 aliphatic heterocycles. The maximum absolute atomic E-state index is 6.01. The van der Waals surface area contributed by atoms with Crippen LogP contribution in [0.25, 0.3) is 0 Å². The van der Waals surface area contributed by atoms with Crippen molar-refractivity contribution < 1.29 is 4.74 Å². The highest BCUT2D eigenvalue weighted by molar-refractivity contribution is 6.42. The summed E-state index contributed by atoms with van der Waals surface area (Å²) in [6.45, 7) is 1.84. The van der Waals surface area contributed by atoms with E-state index >= 15 is 0 Å². The smallest absolute Gasteiger partial charge is 0.322 e. The fourth-order valence-corrected chi connectivity index (χ4v) is 1.91. The van der Waals surface area contributed by atoms with E-state index in [0.717, 1.165) is 11.3 Å². The van der Waals surface area contributed by atoms with Crippen molar-refractivity contribution in [1.82, 2.24) is 9.97 Å². The van der Waals surface area contributed by atoms with E-state index in [1.807, 2.05) is 6.92 Å². The number of hydrogen-bond donors (Lipinski definition) is 0. The predicted octanol–water partition coefficient (Wildman–Crippen LogP) is 4.62. The molecular weight excluding hydrogens is 295 g/mol. The summed E-state index contributed by atoms with van der Waals surface area (Å²) in [5.74, 6) is 0.784. The van der Waals surface area contributed by atoms with Gasteiger partial charge in [-0.3, -0.25) is 0 Å². The number of rotatable bonds is 3. The Balaban J connectivity index is 2.29. The highest BCUT2D eigenvalue weighted by Crippen LogP contribution is 2.33. The van der Waals surface area contributed by atoms with Gasteiger partial charge in [-0.2, -0.15) is 4.98 Å². The molecule has 2 aromatic rings. The number of aryl methyl sites for hydroxylation is 1. The van der Waals surface area contributed by atoms with Crippen molar-refractivity contribution in [1.29, 1.82) is 0 Å². The second-order valence-electron chi connectivity index (χ2n) is 3.55. The minimum Gasteiger partial charge on any atom is -0.423 e. The summed E-state index contributed by atoms with van der Waals surface area (Å²) in [5.41, 5.74) is 1.63. The van der Waals surface area contributed by atoms with Gasteiger partial charge in [0.15, 0.2) is 5.75 Å². The van der Waals surface area contributed by atoms with Gasteiger partial charge in [-0.25, -0.2) is 4.98 Å². The molecule has 0 radical (unpaired) electrons. The van der Waals surface area contributed by atoms with Gasteiger partial charge in [-0.1, -0.05) is 29.3 Å². The summed E-state index contributed by atoms with van der Waals surface area (Å²) in [6.07, 6.45) is 1.63. The highest BCUT2D eigenvalue weighted by atomic mass is 35.5. The zero-order valence-electron chi connectivity index (χ0n) is 9.45. The van der Waals surface area contributed by atoms with Gasteiger partial charge in [-0.15, -0.1) is 11.6 Å². The molecule has 1 heterocycles. The third kappa shape index (κ3) is 2.86. The molecule has 2 rings (SSSR count). The molecule has 3 nitrogen and oxygen atoms in total. The minimum absolute atomic E-state index is 0.213. The van der Waals surface area contributed by atoms with Crippen LogP contribution in [0.4, 0.5) is 0 Å². The Bertz CT molecular complexity index is 575. The summed E-state index contributed by atoms with van der Waals surface area (Å²) < 4.78 is 5.49. The Labute approximate surface area is 120 Å². The van der Waals surface area contributed by atoms with Crippen LogP contribution < -0.4 is 4.74 Å². The van der Waals surface area contributed by atoms with Gasteiger partial charge >= 0.3 is 6.01 Å². The minimum atomic E-state index is 0.213. The fourth-order valence-electron chi connectivity index (χ4n) is 1.31. The first kappa shape index (κ1) is 13.4. The Morgan fingerprint density at radius 3 is 2.72 bits per heavy atom. The maximum Gasteiger partial charge on any atom is 0.322 e. The lowest BCUT2D eigenvalue weighted by molar-refractivity contribution is 0.440. The van der Waals surface area contributed by atoms with Crippen LogP contribution in [0.2, 0.25) is 10.0 Å². The fraction of sp³-hybridized carbons (Fsp3) is 0.167. The molecule has 18 heavy (non-hydrogen) atoms. The molecule has 94 valence electrons. The number of alkyl halides is 1. The summed E-state index contributed by atoms with van der Waals surface area (Å²) in [5, 5.41) is 0.755. The van der Waals surface area contributed by atoms with Crippen molar-refractivity contribution in [3.05, 3.63) is 45.7 Å². The Hall–Kier alpha value is -1.03. The SMILES string of the molecule is Cc1nc(Oc2cccc(Cl)c2Cl)ncc1CCl. The van der Waals surface area contributed by atoms with E-state index in [1.54, 1.807) is 24.4 Å². The van der Waals surface area contributed by atoms with Crippen LogP contribution in [0, 0.1) is 6.92 Å². The van der Waals surface area contributed by atoms with Crippen LogP contribution >= 0.6 is 34.8 Å². The van der Waals surface area contributed by atoms with Crippen molar-refractivity contribution in [2.75, 3.05) is 0 Å². The van der Waals surface area contributed by atoms with Gasteiger partial charge in [0.1, 0.15) is 5.02 Å². The number of aromatic nitrogens is 2. The van der Waals surface area contributed by atoms with Gasteiger partial charge in [-0.05, 0) is 19.1 Å². The van der Waals surface area contributed by atoms with Gasteiger partial charge in [0.25, 0.3) is 0 Å². The summed E-state index contributed by atoms with van der Waals surface area (Å²) in [6, 6.07) is 5.33. The quantitative estimate of drug-likeness (QED) is 0.776. The molecular formula is C12H9Cl3N2O. The number of nitrogens with zero attached hydrogens (tertiary/aromatic N) is 2. The normalized spacial score (nSPS) is 10.4. The lowest BCUT2D eigenvalue weighted by Gasteiger charge is -2.08. The number of benzene rings is 1. The summed E-state index contributed by atoms with van der Waals surface area (Å²) in [7, 11) is 0. The van der Waals surface area contributed by atoms with Gasteiger partial charge in [0.05, 0.1) is 10.9 Å². The molecule has 0 fully saturated rings. The van der Waals surface area contributed by atoms with Crippen molar-refractivity contribution >= 4 is 34.8 Å². The highest BCUT2D eigenvalue weighted by Gasteiger charge is 2.09. The van der Waals surface area contributed by atoms with E-state index < -0.39 is 0 Å². The van der Waals surface area contributed by atoms with E-state index in [0.29, 0.717) is 21.7 Å². The average molecular weight is 304 g/mol. The second-order valence-corrected chi connectivity index (χ2v) is 4.60. The Kier molecular flexibility index (Phi) is 4.27. The van der Waals surface area contributed by atoms with Crippen molar-refractivity contribution in [2.45, 2.75) is 12.8 Å². The monoisotopic (exact) mass is 302 g/mol. The lowest BCUT2D eigenvalue weighted by atomic mass is 10.3. The van der Waals surface area contributed by atoms with Crippen molar-refractivity contribution in [3.63, 3.8) is 0 Å². The number of ether oxygens (including phenoxy) is 1. The molecule has 1 aromatic carbocycles. The van der Waals surface area contributed by atoms with Gasteiger partial charge in [0, 0.05) is 17.5 Å². The van der Waals surface area contributed by atoms with Crippen molar-refractivity contribution in [3.8, 4) is 11.8 Å². The molecule has 0 saturated heterocycles.